The van der Waals surface area contributed by atoms with Gasteiger partial charge in [-0.15, -0.1) is 0 Å². The molecule has 0 aliphatic carbocycles. The lowest BCUT2D eigenvalue weighted by Gasteiger charge is -2.36. The van der Waals surface area contributed by atoms with E-state index in [1.165, 1.54) is 4.90 Å². The van der Waals surface area contributed by atoms with Gasteiger partial charge in [-0.3, -0.25) is 14.5 Å². The topological polar surface area (TPSA) is 79.9 Å². The van der Waals surface area contributed by atoms with Crippen LogP contribution >= 0.6 is 0 Å². The van der Waals surface area contributed by atoms with E-state index in [4.69, 9.17) is 9.47 Å². The van der Waals surface area contributed by atoms with Crippen molar-refractivity contribution in [3.8, 4) is 5.75 Å². The third-order valence-electron chi connectivity index (χ3n) is 5.37. The molecule has 1 saturated heterocycles. The maximum absolute atomic E-state index is 13.7. The van der Waals surface area contributed by atoms with Crippen molar-refractivity contribution >= 4 is 28.9 Å². The van der Waals surface area contributed by atoms with Gasteiger partial charge in [0.2, 0.25) is 0 Å². The molecule has 1 fully saturated rings. The van der Waals surface area contributed by atoms with Crippen LogP contribution in [0.15, 0.2) is 54.2 Å². The highest BCUT2D eigenvalue weighted by atomic mass is 16.5. The van der Waals surface area contributed by atoms with E-state index in [1.807, 2.05) is 69.3 Å². The smallest absolute Gasteiger partial charge is 0.270 e. The molecule has 7 nitrogen and oxygen atoms in total. The number of amides is 2. The van der Waals surface area contributed by atoms with Gasteiger partial charge in [0.15, 0.2) is 0 Å². The van der Waals surface area contributed by atoms with E-state index >= 15 is 0 Å². The third kappa shape index (κ3) is 4.34. The van der Waals surface area contributed by atoms with E-state index in [1.54, 1.807) is 7.11 Å². The molecule has 1 unspecified atom stereocenters. The molecule has 0 aromatic heterocycles. The summed E-state index contributed by atoms with van der Waals surface area (Å²) in [4.78, 5) is 28.8. The van der Waals surface area contributed by atoms with Crippen molar-refractivity contribution in [1.29, 1.82) is 0 Å². The van der Waals surface area contributed by atoms with Crippen LogP contribution in [0.3, 0.4) is 0 Å². The number of para-hydroxylation sites is 2. The van der Waals surface area contributed by atoms with Gasteiger partial charge in [-0.1, -0.05) is 12.1 Å². The molecule has 7 heteroatoms. The molecule has 0 bridgehead atoms. The zero-order chi connectivity index (χ0) is 22.9. The normalized spacial score (nSPS) is 18.1. The van der Waals surface area contributed by atoms with Gasteiger partial charge in [-0.25, -0.2) is 0 Å². The molecular formula is C25H29N3O4. The largest absolute Gasteiger partial charge is 0.497 e. The third-order valence-corrected chi connectivity index (χ3v) is 5.37. The second kappa shape index (κ2) is 8.67. The molecule has 2 aliphatic heterocycles. The average Bonchev–Trinajstić information content (AvgIpc) is 3.31. The molecule has 32 heavy (non-hydrogen) atoms. The summed E-state index contributed by atoms with van der Waals surface area (Å²) in [6.07, 6.45) is 0.885. The first-order valence-electron chi connectivity index (χ1n) is 10.8. The number of benzene rings is 2. The number of rotatable bonds is 4. The Morgan fingerprint density at radius 3 is 2.47 bits per heavy atom. The average molecular weight is 436 g/mol. The van der Waals surface area contributed by atoms with Crippen LogP contribution < -0.4 is 20.3 Å². The highest BCUT2D eigenvalue weighted by Crippen LogP contribution is 2.40. The summed E-state index contributed by atoms with van der Waals surface area (Å²) >= 11 is 0. The minimum Gasteiger partial charge on any atom is -0.497 e. The number of fused-ring (bicyclic) bond motifs is 1. The molecular weight excluding hydrogens is 406 g/mol. The van der Waals surface area contributed by atoms with Crippen LogP contribution in [-0.4, -0.2) is 37.2 Å². The summed E-state index contributed by atoms with van der Waals surface area (Å²) in [5, 5.41) is 6.41. The number of nitrogens with zero attached hydrogens (tertiary/aromatic N) is 1. The predicted molar refractivity (Wildman–Crippen MR) is 124 cm³/mol. The minimum absolute atomic E-state index is 0.235. The number of nitrogens with one attached hydrogen (secondary N) is 2. The van der Waals surface area contributed by atoms with Gasteiger partial charge in [0.1, 0.15) is 17.6 Å². The Bertz CT molecular complexity index is 1050. The SMILES string of the molecule is COc1ccc(C2=C(C(=O)NC(C)(C)C)N(C(=O)C3CCCO3)c3ccccc3N2)cc1. The molecule has 2 heterocycles. The zero-order valence-electron chi connectivity index (χ0n) is 18.9. The highest BCUT2D eigenvalue weighted by molar-refractivity contribution is 6.18. The second-order valence-electron chi connectivity index (χ2n) is 8.97. The van der Waals surface area contributed by atoms with Crippen molar-refractivity contribution in [3.05, 3.63) is 59.8 Å². The number of hydrogen-bond acceptors (Lipinski definition) is 5. The first kappa shape index (κ1) is 21.9. The summed E-state index contributed by atoms with van der Waals surface area (Å²) in [6.45, 7) is 6.28. The van der Waals surface area contributed by atoms with Gasteiger partial charge in [-0.05, 0) is 70.0 Å². The summed E-state index contributed by atoms with van der Waals surface area (Å²) in [5.74, 6) is 0.136. The fourth-order valence-corrected chi connectivity index (χ4v) is 3.93. The number of hydrogen-bond donors (Lipinski definition) is 2. The number of carbonyl (C=O) groups excluding carboxylic acids is 2. The molecule has 2 N–H and O–H groups in total. The van der Waals surface area contributed by atoms with Crippen LogP contribution in [-0.2, 0) is 14.3 Å². The molecule has 4 rings (SSSR count). The Balaban J connectivity index is 1.90. The Morgan fingerprint density at radius 2 is 1.84 bits per heavy atom. The molecule has 2 aromatic carbocycles. The van der Waals surface area contributed by atoms with Crippen LogP contribution in [0.1, 0.15) is 39.2 Å². The van der Waals surface area contributed by atoms with Crippen molar-refractivity contribution in [1.82, 2.24) is 5.32 Å². The van der Waals surface area contributed by atoms with Gasteiger partial charge >= 0.3 is 0 Å². The Kier molecular flexibility index (Phi) is 5.93. The number of carbonyl (C=O) groups is 2. The fraction of sp³-hybridized carbons (Fsp3) is 0.360. The van der Waals surface area contributed by atoms with Crippen LogP contribution in [0.5, 0.6) is 5.75 Å². The Hall–Kier alpha value is -3.32. The fourth-order valence-electron chi connectivity index (χ4n) is 3.93. The van der Waals surface area contributed by atoms with E-state index in [0.717, 1.165) is 17.7 Å². The van der Waals surface area contributed by atoms with Gasteiger partial charge in [0.05, 0.1) is 24.2 Å². The van der Waals surface area contributed by atoms with E-state index in [9.17, 15) is 9.59 Å². The highest BCUT2D eigenvalue weighted by Gasteiger charge is 2.39. The number of methoxy groups -OCH3 is 1. The molecule has 1 atom stereocenters. The van der Waals surface area contributed by atoms with Crippen molar-refractivity contribution in [2.75, 3.05) is 23.9 Å². The zero-order valence-corrected chi connectivity index (χ0v) is 18.9. The van der Waals surface area contributed by atoms with E-state index in [2.05, 4.69) is 10.6 Å². The minimum atomic E-state index is -0.573. The lowest BCUT2D eigenvalue weighted by Crippen LogP contribution is -2.50. The summed E-state index contributed by atoms with van der Waals surface area (Å²) in [6, 6.07) is 14.9. The van der Waals surface area contributed by atoms with E-state index < -0.39 is 11.6 Å². The van der Waals surface area contributed by atoms with Crippen molar-refractivity contribution < 1.29 is 19.1 Å². The Labute approximate surface area is 188 Å². The molecule has 2 amide bonds. The quantitative estimate of drug-likeness (QED) is 0.761. The van der Waals surface area contributed by atoms with Gasteiger partial charge in [0.25, 0.3) is 11.8 Å². The summed E-state index contributed by atoms with van der Waals surface area (Å²) < 4.78 is 11.0. The molecule has 2 aliphatic rings. The molecule has 0 saturated carbocycles. The van der Waals surface area contributed by atoms with E-state index in [0.29, 0.717) is 30.2 Å². The predicted octanol–water partition coefficient (Wildman–Crippen LogP) is 3.92. The standard InChI is InChI=1S/C25H29N3O4/c1-25(2,3)27-23(29)22-21(16-11-13-17(31-4)14-12-16)26-18-8-5-6-9-19(18)28(22)24(30)20-10-7-15-32-20/h5-6,8-9,11-14,20,26H,7,10,15H2,1-4H3,(H,27,29). The lowest BCUT2D eigenvalue weighted by atomic mass is 10.0. The first-order valence-corrected chi connectivity index (χ1v) is 10.8. The first-order chi connectivity index (χ1) is 15.3. The lowest BCUT2D eigenvalue weighted by molar-refractivity contribution is -0.128. The van der Waals surface area contributed by atoms with E-state index in [-0.39, 0.29) is 17.5 Å². The van der Waals surface area contributed by atoms with Crippen molar-refractivity contribution in [2.45, 2.75) is 45.3 Å². The summed E-state index contributed by atoms with van der Waals surface area (Å²) in [7, 11) is 1.60. The van der Waals surface area contributed by atoms with Crippen LogP contribution in [0.4, 0.5) is 11.4 Å². The second-order valence-corrected chi connectivity index (χ2v) is 8.97. The van der Waals surface area contributed by atoms with Crippen molar-refractivity contribution in [3.63, 3.8) is 0 Å². The van der Waals surface area contributed by atoms with Crippen LogP contribution in [0, 0.1) is 0 Å². The van der Waals surface area contributed by atoms with Gasteiger partial charge < -0.3 is 20.1 Å². The summed E-state index contributed by atoms with van der Waals surface area (Å²) in [5.41, 5.74) is 2.47. The maximum Gasteiger partial charge on any atom is 0.270 e. The van der Waals surface area contributed by atoms with Crippen molar-refractivity contribution in [2.24, 2.45) is 0 Å². The number of anilines is 2. The molecule has 168 valence electrons. The van der Waals surface area contributed by atoms with Gasteiger partial charge in [-0.2, -0.15) is 0 Å². The molecule has 2 aromatic rings. The molecule has 0 spiro atoms. The van der Waals surface area contributed by atoms with Crippen LogP contribution in [0.2, 0.25) is 0 Å². The monoisotopic (exact) mass is 435 g/mol. The van der Waals surface area contributed by atoms with Gasteiger partial charge in [0, 0.05) is 17.7 Å². The van der Waals surface area contributed by atoms with Crippen LogP contribution in [0.25, 0.3) is 5.70 Å². The molecule has 0 radical (unpaired) electrons. The number of ether oxygens (including phenoxy) is 2. The maximum atomic E-state index is 13.7. The Morgan fingerprint density at radius 1 is 1.12 bits per heavy atom.